The maximum absolute atomic E-state index is 12.0. The highest BCUT2D eigenvalue weighted by atomic mass is 35.5. The monoisotopic (exact) mass is 350 g/mol. The van der Waals surface area contributed by atoms with Gasteiger partial charge in [-0.15, -0.1) is 0 Å². The number of rotatable bonds is 4. The highest BCUT2D eigenvalue weighted by molar-refractivity contribution is 6.44. The van der Waals surface area contributed by atoms with E-state index in [1.807, 2.05) is 32.0 Å². The predicted molar refractivity (Wildman–Crippen MR) is 94.3 cm³/mol. The molecule has 0 aliphatic carbocycles. The zero-order valence-corrected chi connectivity index (χ0v) is 14.3. The van der Waals surface area contributed by atoms with E-state index in [0.717, 1.165) is 16.8 Å². The van der Waals surface area contributed by atoms with Crippen LogP contribution in [0.4, 0.5) is 11.4 Å². The van der Waals surface area contributed by atoms with E-state index in [9.17, 15) is 9.59 Å². The second kappa shape index (κ2) is 7.49. The van der Waals surface area contributed by atoms with Gasteiger partial charge in [-0.1, -0.05) is 47.5 Å². The summed E-state index contributed by atoms with van der Waals surface area (Å²) in [7, 11) is 0. The molecule has 4 nitrogen and oxygen atoms in total. The van der Waals surface area contributed by atoms with Crippen molar-refractivity contribution in [2.75, 3.05) is 10.6 Å². The first-order valence-corrected chi connectivity index (χ1v) is 7.74. The summed E-state index contributed by atoms with van der Waals surface area (Å²) in [5.74, 6) is -0.851. The Bertz CT molecular complexity index is 740. The molecule has 0 saturated heterocycles. The van der Waals surface area contributed by atoms with Crippen molar-refractivity contribution in [3.63, 3.8) is 0 Å². The van der Waals surface area contributed by atoms with E-state index >= 15 is 0 Å². The number of hydrogen-bond donors (Lipinski definition) is 2. The molecule has 0 spiro atoms. The Labute approximate surface area is 144 Å². The van der Waals surface area contributed by atoms with Crippen LogP contribution in [0.2, 0.25) is 10.0 Å². The normalized spacial score (nSPS) is 10.3. The summed E-state index contributed by atoms with van der Waals surface area (Å²) in [6.45, 7) is 3.79. The Morgan fingerprint density at radius 1 is 0.913 bits per heavy atom. The number of nitrogens with one attached hydrogen (secondary N) is 2. The molecule has 23 heavy (non-hydrogen) atoms. The zero-order valence-electron chi connectivity index (χ0n) is 12.7. The number of amides is 2. The minimum absolute atomic E-state index is 0.248. The van der Waals surface area contributed by atoms with Crippen LogP contribution in [0, 0.1) is 13.8 Å². The van der Waals surface area contributed by atoms with Crippen LogP contribution in [-0.2, 0) is 9.59 Å². The molecule has 2 aromatic rings. The van der Waals surface area contributed by atoms with Crippen molar-refractivity contribution in [2.24, 2.45) is 0 Å². The molecule has 0 fully saturated rings. The molecule has 2 amide bonds. The van der Waals surface area contributed by atoms with E-state index in [0.29, 0.717) is 10.7 Å². The molecule has 0 aliphatic heterocycles. The summed E-state index contributed by atoms with van der Waals surface area (Å²) in [5.41, 5.74) is 2.99. The second-order valence-electron chi connectivity index (χ2n) is 5.14. The van der Waals surface area contributed by atoms with Crippen LogP contribution >= 0.6 is 23.2 Å². The topological polar surface area (TPSA) is 58.2 Å². The largest absolute Gasteiger partial charge is 0.325 e. The zero-order chi connectivity index (χ0) is 17.0. The molecular formula is C17H16Cl2N2O2. The van der Waals surface area contributed by atoms with Crippen LogP contribution in [0.15, 0.2) is 36.4 Å². The lowest BCUT2D eigenvalue weighted by Crippen LogP contribution is -2.22. The third-order valence-electron chi connectivity index (χ3n) is 3.29. The molecule has 2 rings (SSSR count). The SMILES string of the molecule is Cc1cccc(C)c1NC(=O)CC(=O)Nc1cccc(Cl)c1Cl. The molecule has 0 heterocycles. The molecule has 0 aromatic heterocycles. The van der Waals surface area contributed by atoms with Crippen LogP contribution in [0.25, 0.3) is 0 Å². The first kappa shape index (κ1) is 17.3. The molecule has 0 unspecified atom stereocenters. The number of anilines is 2. The molecule has 0 radical (unpaired) electrons. The van der Waals surface area contributed by atoms with Crippen LogP contribution in [0.5, 0.6) is 0 Å². The first-order chi connectivity index (χ1) is 10.9. The van der Waals surface area contributed by atoms with Gasteiger partial charge in [-0.2, -0.15) is 0 Å². The minimum Gasteiger partial charge on any atom is -0.325 e. The van der Waals surface area contributed by atoms with Gasteiger partial charge in [0.05, 0.1) is 15.7 Å². The highest BCUT2D eigenvalue weighted by Gasteiger charge is 2.14. The van der Waals surface area contributed by atoms with Gasteiger partial charge in [0.1, 0.15) is 6.42 Å². The van der Waals surface area contributed by atoms with E-state index in [1.54, 1.807) is 18.2 Å². The fourth-order valence-corrected chi connectivity index (χ4v) is 2.48. The highest BCUT2D eigenvalue weighted by Crippen LogP contribution is 2.29. The van der Waals surface area contributed by atoms with Crippen LogP contribution in [0.1, 0.15) is 17.5 Å². The van der Waals surface area contributed by atoms with Crippen molar-refractivity contribution >= 4 is 46.4 Å². The Balaban J connectivity index is 2.00. The number of aryl methyl sites for hydroxylation is 2. The molecular weight excluding hydrogens is 335 g/mol. The minimum atomic E-state index is -0.460. The standard InChI is InChI=1S/C17H16Cl2N2O2/c1-10-5-3-6-11(2)17(10)21-15(23)9-14(22)20-13-8-4-7-12(18)16(13)19/h3-8H,9H2,1-2H3,(H,20,22)(H,21,23). The third-order valence-corrected chi connectivity index (χ3v) is 4.11. The van der Waals surface area contributed by atoms with E-state index in [-0.39, 0.29) is 11.4 Å². The van der Waals surface area contributed by atoms with Crippen molar-refractivity contribution in [2.45, 2.75) is 20.3 Å². The van der Waals surface area contributed by atoms with Crippen molar-refractivity contribution < 1.29 is 9.59 Å². The van der Waals surface area contributed by atoms with Crippen molar-refractivity contribution in [3.8, 4) is 0 Å². The average molecular weight is 351 g/mol. The molecule has 0 saturated carbocycles. The van der Waals surface area contributed by atoms with Gasteiger partial charge >= 0.3 is 0 Å². The fourth-order valence-electron chi connectivity index (χ4n) is 2.14. The van der Waals surface area contributed by atoms with Crippen LogP contribution < -0.4 is 10.6 Å². The number of halogens is 2. The number of carbonyl (C=O) groups excluding carboxylic acids is 2. The Kier molecular flexibility index (Phi) is 5.64. The van der Waals surface area contributed by atoms with Gasteiger partial charge in [-0.3, -0.25) is 9.59 Å². The maximum Gasteiger partial charge on any atom is 0.233 e. The van der Waals surface area contributed by atoms with Gasteiger partial charge in [0.15, 0.2) is 0 Å². The van der Waals surface area contributed by atoms with E-state index in [2.05, 4.69) is 10.6 Å². The summed E-state index contributed by atoms with van der Waals surface area (Å²) < 4.78 is 0. The Morgan fingerprint density at radius 3 is 2.13 bits per heavy atom. The summed E-state index contributed by atoms with van der Waals surface area (Å²) in [5, 5.41) is 5.93. The van der Waals surface area contributed by atoms with Crippen molar-refractivity contribution in [1.29, 1.82) is 0 Å². The fraction of sp³-hybridized carbons (Fsp3) is 0.176. The Hall–Kier alpha value is -2.04. The first-order valence-electron chi connectivity index (χ1n) is 6.98. The quantitative estimate of drug-likeness (QED) is 0.793. The van der Waals surface area contributed by atoms with E-state index in [1.165, 1.54) is 0 Å². The van der Waals surface area contributed by atoms with E-state index < -0.39 is 11.8 Å². The molecule has 2 N–H and O–H groups in total. The number of benzene rings is 2. The molecule has 120 valence electrons. The molecule has 6 heteroatoms. The molecule has 0 aliphatic rings. The summed E-state index contributed by atoms with van der Waals surface area (Å²) in [6.07, 6.45) is -0.309. The van der Waals surface area contributed by atoms with Gasteiger partial charge in [0, 0.05) is 5.69 Å². The third kappa shape index (κ3) is 4.47. The second-order valence-corrected chi connectivity index (χ2v) is 5.93. The lowest BCUT2D eigenvalue weighted by Gasteiger charge is -2.12. The van der Waals surface area contributed by atoms with Gasteiger partial charge < -0.3 is 10.6 Å². The van der Waals surface area contributed by atoms with Gasteiger partial charge in [0.25, 0.3) is 0 Å². The summed E-state index contributed by atoms with van der Waals surface area (Å²) in [6, 6.07) is 10.6. The van der Waals surface area contributed by atoms with Gasteiger partial charge in [-0.05, 0) is 37.1 Å². The molecule has 0 bridgehead atoms. The number of carbonyl (C=O) groups is 2. The van der Waals surface area contributed by atoms with Gasteiger partial charge in [0.2, 0.25) is 11.8 Å². The predicted octanol–water partition coefficient (Wildman–Crippen LogP) is 4.58. The lowest BCUT2D eigenvalue weighted by molar-refractivity contribution is -0.123. The van der Waals surface area contributed by atoms with E-state index in [4.69, 9.17) is 23.2 Å². The lowest BCUT2D eigenvalue weighted by atomic mass is 10.1. The van der Waals surface area contributed by atoms with Crippen molar-refractivity contribution in [3.05, 3.63) is 57.6 Å². The number of para-hydroxylation sites is 1. The number of hydrogen-bond acceptors (Lipinski definition) is 2. The van der Waals surface area contributed by atoms with Crippen LogP contribution in [-0.4, -0.2) is 11.8 Å². The smallest absolute Gasteiger partial charge is 0.233 e. The molecule has 0 atom stereocenters. The summed E-state index contributed by atoms with van der Waals surface area (Å²) in [4.78, 5) is 24.0. The molecule has 2 aromatic carbocycles. The van der Waals surface area contributed by atoms with Gasteiger partial charge in [-0.25, -0.2) is 0 Å². The van der Waals surface area contributed by atoms with Crippen molar-refractivity contribution in [1.82, 2.24) is 0 Å². The Morgan fingerprint density at radius 2 is 1.48 bits per heavy atom. The van der Waals surface area contributed by atoms with Crippen LogP contribution in [0.3, 0.4) is 0 Å². The average Bonchev–Trinajstić information content (AvgIpc) is 2.48. The summed E-state index contributed by atoms with van der Waals surface area (Å²) >= 11 is 11.9. The maximum atomic E-state index is 12.0.